The molecule has 11 nitrogen and oxygen atoms in total. The fraction of sp³-hybridized carbons (Fsp3) is 0.625. The van der Waals surface area contributed by atoms with Crippen LogP contribution in [0.3, 0.4) is 0 Å². The molecule has 1 amide bonds. The van der Waals surface area contributed by atoms with Gasteiger partial charge in [-0.3, -0.25) is 9.48 Å². The standard InChI is InChI=1S/C24H35FN6O5S2/c1-37(33,34)28-22(15-19-3-5-21(25)6-4-19)23(32)29-13-9-24(10-14-29,16-30-18-26-17-27-30)20-7-11-31(12-8-20)38(2,35)36/h3-6,17-18,20,22,28H,7-16H2,1-2H3/t22-/m0/s1. The third kappa shape index (κ3) is 7.16. The zero-order chi connectivity index (χ0) is 27.6. The highest BCUT2D eigenvalue weighted by Crippen LogP contribution is 2.45. The molecule has 1 atom stereocenters. The highest BCUT2D eigenvalue weighted by atomic mass is 32.2. The molecule has 0 aliphatic carbocycles. The number of aromatic nitrogens is 3. The van der Waals surface area contributed by atoms with Gasteiger partial charge in [-0.25, -0.2) is 35.2 Å². The van der Waals surface area contributed by atoms with Crippen LogP contribution >= 0.6 is 0 Å². The smallest absolute Gasteiger partial charge is 0.241 e. The van der Waals surface area contributed by atoms with Gasteiger partial charge in [-0.05, 0) is 61.1 Å². The average molecular weight is 571 g/mol. The summed E-state index contributed by atoms with van der Waals surface area (Å²) < 4.78 is 67.3. The van der Waals surface area contributed by atoms with Gasteiger partial charge in [0.2, 0.25) is 26.0 Å². The third-order valence-corrected chi connectivity index (χ3v) is 9.83. The predicted molar refractivity (Wildman–Crippen MR) is 139 cm³/mol. The Bertz CT molecular complexity index is 1300. The number of benzene rings is 1. The van der Waals surface area contributed by atoms with E-state index in [9.17, 15) is 26.0 Å². The second-order valence-electron chi connectivity index (χ2n) is 10.5. The largest absolute Gasteiger partial charge is 0.341 e. The van der Waals surface area contributed by atoms with E-state index in [1.165, 1.54) is 29.0 Å². The van der Waals surface area contributed by atoms with Gasteiger partial charge < -0.3 is 4.90 Å². The first-order valence-corrected chi connectivity index (χ1v) is 16.4. The molecular formula is C24H35FN6O5S2. The van der Waals surface area contributed by atoms with Gasteiger partial charge in [0.15, 0.2) is 0 Å². The Kier molecular flexibility index (Phi) is 8.55. The summed E-state index contributed by atoms with van der Waals surface area (Å²) in [6, 6.07) is 4.65. The van der Waals surface area contributed by atoms with E-state index in [0.29, 0.717) is 51.1 Å². The first-order chi connectivity index (χ1) is 17.8. The predicted octanol–water partition coefficient (Wildman–Crippen LogP) is 0.858. The number of sulfonamides is 2. The highest BCUT2D eigenvalue weighted by Gasteiger charge is 2.45. The molecule has 0 saturated carbocycles. The average Bonchev–Trinajstić information content (AvgIpc) is 3.36. The van der Waals surface area contributed by atoms with Crippen LogP contribution < -0.4 is 4.72 Å². The van der Waals surface area contributed by atoms with Gasteiger partial charge in [-0.1, -0.05) is 12.1 Å². The zero-order valence-corrected chi connectivity index (χ0v) is 23.3. The molecule has 4 rings (SSSR count). The van der Waals surface area contributed by atoms with Crippen LogP contribution in [0.4, 0.5) is 4.39 Å². The van der Waals surface area contributed by atoms with Crippen LogP contribution in [0.5, 0.6) is 0 Å². The molecule has 14 heteroatoms. The van der Waals surface area contributed by atoms with E-state index >= 15 is 0 Å². The second-order valence-corrected chi connectivity index (χ2v) is 14.3. The van der Waals surface area contributed by atoms with Crippen molar-refractivity contribution in [1.82, 2.24) is 28.7 Å². The molecule has 2 aromatic rings. The van der Waals surface area contributed by atoms with Gasteiger partial charge in [-0.15, -0.1) is 0 Å². The fourth-order valence-electron chi connectivity index (χ4n) is 5.82. The van der Waals surface area contributed by atoms with E-state index in [4.69, 9.17) is 0 Å². The van der Waals surface area contributed by atoms with Crippen molar-refractivity contribution in [3.8, 4) is 0 Å². The maximum atomic E-state index is 13.5. The number of hydrogen-bond donors (Lipinski definition) is 1. The van der Waals surface area contributed by atoms with Crippen molar-refractivity contribution in [2.45, 2.75) is 44.7 Å². The van der Waals surface area contributed by atoms with Crippen molar-refractivity contribution in [1.29, 1.82) is 0 Å². The van der Waals surface area contributed by atoms with Gasteiger partial charge in [0.05, 0.1) is 12.5 Å². The number of amides is 1. The van der Waals surface area contributed by atoms with Gasteiger partial charge in [0, 0.05) is 32.7 Å². The molecule has 2 aliphatic rings. The molecule has 0 unspecified atom stereocenters. The van der Waals surface area contributed by atoms with Crippen molar-refractivity contribution in [3.05, 3.63) is 48.3 Å². The Balaban J connectivity index is 1.49. The first-order valence-electron chi connectivity index (χ1n) is 12.6. The van der Waals surface area contributed by atoms with Crippen molar-refractivity contribution in [2.24, 2.45) is 11.3 Å². The zero-order valence-electron chi connectivity index (χ0n) is 21.7. The van der Waals surface area contributed by atoms with Gasteiger partial charge in [0.1, 0.15) is 24.5 Å². The van der Waals surface area contributed by atoms with E-state index in [0.717, 1.165) is 19.1 Å². The molecule has 2 saturated heterocycles. The van der Waals surface area contributed by atoms with Crippen molar-refractivity contribution in [3.63, 3.8) is 0 Å². The number of carbonyl (C=O) groups is 1. The van der Waals surface area contributed by atoms with Crippen LogP contribution in [-0.4, -0.2) is 91.4 Å². The minimum atomic E-state index is -3.67. The van der Waals surface area contributed by atoms with Gasteiger partial charge in [-0.2, -0.15) is 5.10 Å². The lowest BCUT2D eigenvalue weighted by Gasteiger charge is -2.49. The molecule has 1 N–H and O–H groups in total. The summed E-state index contributed by atoms with van der Waals surface area (Å²) in [4.78, 5) is 19.3. The van der Waals surface area contributed by atoms with Crippen LogP contribution in [0.25, 0.3) is 0 Å². The molecule has 2 aliphatic heterocycles. The normalized spacial score (nSPS) is 20.3. The molecule has 2 fully saturated rings. The maximum absolute atomic E-state index is 13.5. The first kappa shape index (κ1) is 28.6. The number of halogens is 1. The summed E-state index contributed by atoms with van der Waals surface area (Å²) in [6.45, 7) is 2.40. The van der Waals surface area contributed by atoms with E-state index in [1.807, 2.05) is 0 Å². The monoisotopic (exact) mass is 570 g/mol. The van der Waals surface area contributed by atoms with Gasteiger partial charge >= 0.3 is 0 Å². The van der Waals surface area contributed by atoms with Crippen molar-refractivity contribution in [2.75, 3.05) is 38.7 Å². The van der Waals surface area contributed by atoms with E-state index in [-0.39, 0.29) is 23.7 Å². The Morgan fingerprint density at radius 1 is 1.08 bits per heavy atom. The maximum Gasteiger partial charge on any atom is 0.241 e. The van der Waals surface area contributed by atoms with E-state index in [2.05, 4.69) is 14.8 Å². The lowest BCUT2D eigenvalue weighted by Crippen LogP contribution is -2.55. The number of likely N-dealkylation sites (tertiary alicyclic amines) is 1. The number of carbonyl (C=O) groups excluding carboxylic acids is 1. The van der Waals surface area contributed by atoms with Crippen LogP contribution in [0.15, 0.2) is 36.9 Å². The molecule has 38 heavy (non-hydrogen) atoms. The Hall–Kier alpha value is -2.42. The lowest BCUT2D eigenvalue weighted by molar-refractivity contribution is -0.136. The molecule has 0 spiro atoms. The number of nitrogens with one attached hydrogen (secondary N) is 1. The number of rotatable bonds is 9. The fourth-order valence-corrected chi connectivity index (χ4v) is 7.39. The van der Waals surface area contributed by atoms with Crippen LogP contribution in [0, 0.1) is 17.2 Å². The van der Waals surface area contributed by atoms with Gasteiger partial charge in [0.25, 0.3) is 0 Å². The Labute approximate surface area is 223 Å². The topological polar surface area (TPSA) is 135 Å². The molecule has 0 radical (unpaired) electrons. The number of hydrogen-bond acceptors (Lipinski definition) is 7. The van der Waals surface area contributed by atoms with Crippen LogP contribution in [0.1, 0.15) is 31.2 Å². The summed E-state index contributed by atoms with van der Waals surface area (Å²) in [5, 5.41) is 4.30. The molecule has 0 bridgehead atoms. The molecule has 3 heterocycles. The second kappa shape index (κ2) is 11.4. The summed E-state index contributed by atoms with van der Waals surface area (Å²) in [5.74, 6) is -0.484. The number of piperidine rings is 2. The number of nitrogens with zero attached hydrogens (tertiary/aromatic N) is 5. The Morgan fingerprint density at radius 3 is 2.24 bits per heavy atom. The van der Waals surface area contributed by atoms with Crippen LogP contribution in [-0.2, 0) is 37.8 Å². The lowest BCUT2D eigenvalue weighted by atomic mass is 9.65. The molecular weight excluding hydrogens is 535 g/mol. The Morgan fingerprint density at radius 2 is 1.71 bits per heavy atom. The summed E-state index contributed by atoms with van der Waals surface area (Å²) in [7, 11) is -6.92. The SMILES string of the molecule is CS(=O)(=O)N[C@@H](Cc1ccc(F)cc1)C(=O)N1CCC(Cn2cncn2)(C2CCN(S(C)(=O)=O)CC2)CC1. The van der Waals surface area contributed by atoms with Crippen molar-refractivity contribution < 1.29 is 26.0 Å². The van der Waals surface area contributed by atoms with E-state index in [1.54, 1.807) is 28.0 Å². The summed E-state index contributed by atoms with van der Waals surface area (Å²) >= 11 is 0. The minimum Gasteiger partial charge on any atom is -0.341 e. The third-order valence-electron chi connectivity index (χ3n) is 7.81. The molecule has 1 aromatic carbocycles. The molecule has 1 aromatic heterocycles. The van der Waals surface area contributed by atoms with Crippen molar-refractivity contribution >= 4 is 26.0 Å². The van der Waals surface area contributed by atoms with Crippen LogP contribution in [0.2, 0.25) is 0 Å². The minimum absolute atomic E-state index is 0.108. The summed E-state index contributed by atoms with van der Waals surface area (Å²) in [6.07, 6.45) is 8.28. The summed E-state index contributed by atoms with van der Waals surface area (Å²) in [5.41, 5.74) is 0.446. The van der Waals surface area contributed by atoms with E-state index < -0.39 is 31.9 Å². The highest BCUT2D eigenvalue weighted by molar-refractivity contribution is 7.88. The molecule has 210 valence electrons. The quantitative estimate of drug-likeness (QED) is 0.473.